The number of benzene rings is 1. The number of rotatable bonds is 4. The Balaban J connectivity index is 1.47. The third-order valence-electron chi connectivity index (χ3n) is 4.56. The summed E-state index contributed by atoms with van der Waals surface area (Å²) in [6.45, 7) is 4.34. The average Bonchev–Trinajstić information content (AvgIpc) is 3.26. The molecule has 2 aromatic rings. The summed E-state index contributed by atoms with van der Waals surface area (Å²) in [6, 6.07) is 5.83. The zero-order valence-electron chi connectivity index (χ0n) is 13.3. The Morgan fingerprint density at radius 1 is 1.38 bits per heavy atom. The number of ether oxygens (including phenoxy) is 2. The Morgan fingerprint density at radius 2 is 2.21 bits per heavy atom. The van der Waals surface area contributed by atoms with Crippen molar-refractivity contribution in [2.75, 3.05) is 19.9 Å². The van der Waals surface area contributed by atoms with E-state index in [1.54, 1.807) is 11.3 Å². The topological polar surface area (TPSA) is 71.9 Å². The molecule has 0 aliphatic carbocycles. The highest BCUT2D eigenvalue weighted by atomic mass is 32.1. The molecule has 2 aliphatic rings. The van der Waals surface area contributed by atoms with Crippen molar-refractivity contribution >= 4 is 17.3 Å². The molecule has 6 nitrogen and oxygen atoms in total. The van der Waals surface area contributed by atoms with Crippen molar-refractivity contribution in [1.82, 2.24) is 9.88 Å². The minimum absolute atomic E-state index is 0.175. The molecule has 7 heteroatoms. The maximum atomic E-state index is 11.2. The molecule has 1 fully saturated rings. The van der Waals surface area contributed by atoms with Gasteiger partial charge in [-0.25, -0.2) is 4.98 Å². The van der Waals surface area contributed by atoms with E-state index in [9.17, 15) is 9.90 Å². The summed E-state index contributed by atoms with van der Waals surface area (Å²) in [6.07, 6.45) is 0. The average molecular weight is 346 g/mol. The number of thiazole rings is 1. The first-order valence-electron chi connectivity index (χ1n) is 7.90. The summed E-state index contributed by atoms with van der Waals surface area (Å²) in [7, 11) is 0. The van der Waals surface area contributed by atoms with Gasteiger partial charge in [0.2, 0.25) is 6.79 Å². The number of nitrogens with zero attached hydrogens (tertiary/aromatic N) is 2. The number of aromatic nitrogens is 1. The van der Waals surface area contributed by atoms with Crippen LogP contribution in [0.4, 0.5) is 0 Å². The fourth-order valence-corrected chi connectivity index (χ4v) is 4.10. The first kappa shape index (κ1) is 15.4. The largest absolute Gasteiger partial charge is 0.481 e. The van der Waals surface area contributed by atoms with E-state index in [0.717, 1.165) is 34.3 Å². The van der Waals surface area contributed by atoms with Crippen LogP contribution in [0.2, 0.25) is 0 Å². The van der Waals surface area contributed by atoms with Crippen LogP contribution in [0.3, 0.4) is 0 Å². The van der Waals surface area contributed by atoms with Gasteiger partial charge in [0, 0.05) is 30.6 Å². The quantitative estimate of drug-likeness (QED) is 0.918. The van der Waals surface area contributed by atoms with Crippen LogP contribution in [0.25, 0.3) is 10.6 Å². The van der Waals surface area contributed by atoms with Gasteiger partial charge in [-0.15, -0.1) is 11.3 Å². The fourth-order valence-electron chi connectivity index (χ4n) is 3.29. The van der Waals surface area contributed by atoms with E-state index in [1.807, 2.05) is 30.5 Å². The van der Waals surface area contributed by atoms with Gasteiger partial charge in [-0.1, -0.05) is 6.92 Å². The van der Waals surface area contributed by atoms with Crippen LogP contribution in [0.1, 0.15) is 12.6 Å². The number of carbonyl (C=O) groups is 1. The van der Waals surface area contributed by atoms with Gasteiger partial charge < -0.3 is 14.6 Å². The minimum Gasteiger partial charge on any atom is -0.481 e. The SMILES string of the molecule is C[C@@H]1CN(Cc2csc(-c3ccc4c(c3)OCO4)n2)C[C@H]1C(=O)O. The lowest BCUT2D eigenvalue weighted by Gasteiger charge is -2.13. The van der Waals surface area contributed by atoms with Crippen molar-refractivity contribution in [1.29, 1.82) is 0 Å². The van der Waals surface area contributed by atoms with Crippen molar-refractivity contribution in [3.05, 3.63) is 29.3 Å². The standard InChI is InChI=1S/C17H18N2O4S/c1-10-5-19(7-13(10)17(20)21)6-12-8-24-16(18-12)11-2-3-14-15(4-11)23-9-22-14/h2-4,8,10,13H,5-7,9H2,1H3,(H,20,21)/t10-,13-/m1/s1. The molecule has 2 aliphatic heterocycles. The predicted molar refractivity (Wildman–Crippen MR) is 89.2 cm³/mol. The third kappa shape index (κ3) is 2.85. The summed E-state index contributed by atoms with van der Waals surface area (Å²) in [4.78, 5) is 18.1. The highest BCUT2D eigenvalue weighted by Crippen LogP contribution is 2.37. The molecular formula is C17H18N2O4S. The van der Waals surface area contributed by atoms with Crippen LogP contribution in [0.15, 0.2) is 23.6 Å². The van der Waals surface area contributed by atoms with Gasteiger partial charge in [0.25, 0.3) is 0 Å². The molecule has 24 heavy (non-hydrogen) atoms. The van der Waals surface area contributed by atoms with E-state index in [0.29, 0.717) is 13.1 Å². The van der Waals surface area contributed by atoms with Gasteiger partial charge >= 0.3 is 5.97 Å². The lowest BCUT2D eigenvalue weighted by Crippen LogP contribution is -2.23. The van der Waals surface area contributed by atoms with Crippen LogP contribution in [0.5, 0.6) is 11.5 Å². The van der Waals surface area contributed by atoms with E-state index in [4.69, 9.17) is 14.5 Å². The Morgan fingerprint density at radius 3 is 3.00 bits per heavy atom. The molecule has 0 unspecified atom stereocenters. The zero-order valence-corrected chi connectivity index (χ0v) is 14.1. The third-order valence-corrected chi connectivity index (χ3v) is 5.50. The summed E-state index contributed by atoms with van der Waals surface area (Å²) in [5.74, 6) is 0.707. The number of aliphatic carboxylic acids is 1. The Labute approximate surface area is 143 Å². The normalized spacial score (nSPS) is 22.9. The monoisotopic (exact) mass is 346 g/mol. The second-order valence-corrected chi connectivity index (χ2v) is 7.19. The molecule has 0 bridgehead atoms. The minimum atomic E-state index is -0.704. The van der Waals surface area contributed by atoms with E-state index >= 15 is 0 Å². The summed E-state index contributed by atoms with van der Waals surface area (Å²) in [5.41, 5.74) is 1.99. The number of likely N-dealkylation sites (tertiary alicyclic amines) is 1. The van der Waals surface area contributed by atoms with Crippen LogP contribution in [-0.2, 0) is 11.3 Å². The first-order chi connectivity index (χ1) is 11.6. The van der Waals surface area contributed by atoms with Crippen molar-refractivity contribution in [3.63, 3.8) is 0 Å². The molecule has 126 valence electrons. The lowest BCUT2D eigenvalue weighted by atomic mass is 9.99. The molecule has 4 rings (SSSR count). The van der Waals surface area contributed by atoms with Crippen LogP contribution >= 0.6 is 11.3 Å². The van der Waals surface area contributed by atoms with Crippen LogP contribution in [-0.4, -0.2) is 40.8 Å². The van der Waals surface area contributed by atoms with E-state index in [1.165, 1.54) is 0 Å². The molecular weight excluding hydrogens is 328 g/mol. The molecule has 0 saturated carbocycles. The fraction of sp³-hybridized carbons (Fsp3) is 0.412. The van der Waals surface area contributed by atoms with E-state index in [-0.39, 0.29) is 18.6 Å². The molecule has 1 aromatic carbocycles. The molecule has 3 heterocycles. The summed E-state index contributed by atoms with van der Waals surface area (Å²) in [5, 5.41) is 12.2. The molecule has 1 N–H and O–H groups in total. The summed E-state index contributed by atoms with van der Waals surface area (Å²) >= 11 is 1.59. The number of hydrogen-bond donors (Lipinski definition) is 1. The molecule has 1 saturated heterocycles. The summed E-state index contributed by atoms with van der Waals surface area (Å²) < 4.78 is 10.7. The molecule has 0 amide bonds. The molecule has 1 aromatic heterocycles. The van der Waals surface area contributed by atoms with E-state index in [2.05, 4.69) is 4.90 Å². The van der Waals surface area contributed by atoms with E-state index < -0.39 is 5.97 Å². The zero-order chi connectivity index (χ0) is 16.7. The van der Waals surface area contributed by atoms with Gasteiger partial charge in [0.05, 0.1) is 11.6 Å². The van der Waals surface area contributed by atoms with Gasteiger partial charge in [-0.2, -0.15) is 0 Å². The van der Waals surface area contributed by atoms with Gasteiger partial charge in [-0.05, 0) is 24.1 Å². The maximum Gasteiger partial charge on any atom is 0.308 e. The van der Waals surface area contributed by atoms with Crippen molar-refractivity contribution < 1.29 is 19.4 Å². The first-order valence-corrected chi connectivity index (χ1v) is 8.77. The maximum absolute atomic E-state index is 11.2. The molecule has 0 radical (unpaired) electrons. The number of carboxylic acids is 1. The number of carboxylic acid groups (broad SMARTS) is 1. The van der Waals surface area contributed by atoms with Crippen molar-refractivity contribution in [2.24, 2.45) is 11.8 Å². The van der Waals surface area contributed by atoms with Crippen LogP contribution in [0, 0.1) is 11.8 Å². The highest BCUT2D eigenvalue weighted by Gasteiger charge is 2.34. The van der Waals surface area contributed by atoms with Gasteiger partial charge in [0.15, 0.2) is 11.5 Å². The molecule has 2 atom stereocenters. The van der Waals surface area contributed by atoms with Crippen LogP contribution < -0.4 is 9.47 Å². The Kier molecular flexibility index (Phi) is 3.90. The van der Waals surface area contributed by atoms with Crippen molar-refractivity contribution in [3.8, 4) is 22.1 Å². The highest BCUT2D eigenvalue weighted by molar-refractivity contribution is 7.13. The van der Waals surface area contributed by atoms with Crippen molar-refractivity contribution in [2.45, 2.75) is 13.5 Å². The predicted octanol–water partition coefficient (Wildman–Crippen LogP) is 2.69. The second kappa shape index (κ2) is 6.07. The Bertz CT molecular complexity index is 776. The Hall–Kier alpha value is -2.12. The number of fused-ring (bicyclic) bond motifs is 1. The smallest absolute Gasteiger partial charge is 0.308 e. The van der Waals surface area contributed by atoms with Gasteiger partial charge in [0.1, 0.15) is 5.01 Å². The second-order valence-electron chi connectivity index (χ2n) is 6.33. The molecule has 0 spiro atoms. The lowest BCUT2D eigenvalue weighted by molar-refractivity contribution is -0.142. The number of hydrogen-bond acceptors (Lipinski definition) is 6. The van der Waals surface area contributed by atoms with Gasteiger partial charge in [-0.3, -0.25) is 9.69 Å².